The maximum Gasteiger partial charge on any atom is 0.306 e. The molecule has 1 amide bonds. The van der Waals surface area contributed by atoms with Crippen molar-refractivity contribution in [1.82, 2.24) is 14.8 Å². The summed E-state index contributed by atoms with van der Waals surface area (Å²) in [7, 11) is 0. The molecule has 1 saturated heterocycles. The Morgan fingerprint density at radius 3 is 2.82 bits per heavy atom. The minimum absolute atomic E-state index is 0.0917. The Balaban J connectivity index is 2.03. The highest BCUT2D eigenvalue weighted by molar-refractivity contribution is 6.06. The molecule has 2 aliphatic heterocycles. The molecule has 22 heavy (non-hydrogen) atoms. The fourth-order valence-corrected chi connectivity index (χ4v) is 3.45. The highest BCUT2D eigenvalue weighted by Crippen LogP contribution is 2.48. The number of nitrogens with one attached hydrogen (secondary N) is 1. The van der Waals surface area contributed by atoms with Crippen molar-refractivity contribution in [1.29, 1.82) is 0 Å². The number of hydrogen-bond acceptors (Lipinski definition) is 2. The zero-order valence-electron chi connectivity index (χ0n) is 11.9. The van der Waals surface area contributed by atoms with Crippen molar-refractivity contribution in [2.24, 2.45) is 0 Å². The van der Waals surface area contributed by atoms with Gasteiger partial charge in [-0.15, -0.1) is 0 Å². The van der Waals surface area contributed by atoms with Crippen LogP contribution >= 0.6 is 0 Å². The van der Waals surface area contributed by atoms with Crippen molar-refractivity contribution in [3.05, 3.63) is 59.8 Å². The Kier molecular flexibility index (Phi) is 2.84. The van der Waals surface area contributed by atoms with Crippen LogP contribution in [-0.2, 0) is 4.79 Å². The largest absolute Gasteiger partial charge is 0.347 e. The molecule has 0 bridgehead atoms. The van der Waals surface area contributed by atoms with Gasteiger partial charge in [0.1, 0.15) is 11.5 Å². The summed E-state index contributed by atoms with van der Waals surface area (Å²) in [4.78, 5) is 16.6. The van der Waals surface area contributed by atoms with Crippen molar-refractivity contribution in [3.63, 3.8) is 0 Å². The smallest absolute Gasteiger partial charge is 0.306 e. The first-order chi connectivity index (χ1) is 10.7. The average molecular weight is 296 g/mol. The Morgan fingerprint density at radius 1 is 1.18 bits per heavy atom. The summed E-state index contributed by atoms with van der Waals surface area (Å²) in [5, 5.41) is 2.93. The van der Waals surface area contributed by atoms with E-state index in [2.05, 4.69) is 10.3 Å². The van der Waals surface area contributed by atoms with Gasteiger partial charge < -0.3 is 5.32 Å². The van der Waals surface area contributed by atoms with Crippen LogP contribution < -0.4 is 9.80 Å². The SMILES string of the molecule is O=C1NCCC[N+]2(c3ccncc3)C1=Cc1ccc(F)cc12. The third-order valence-electron chi connectivity index (χ3n) is 4.40. The van der Waals surface area contributed by atoms with Gasteiger partial charge in [0, 0.05) is 55.2 Å². The number of rotatable bonds is 1. The van der Waals surface area contributed by atoms with E-state index in [0.29, 0.717) is 18.8 Å². The van der Waals surface area contributed by atoms with E-state index in [4.69, 9.17) is 0 Å². The molecular formula is C17H15FN3O+. The fraction of sp³-hybridized carbons (Fsp3) is 0.176. The van der Waals surface area contributed by atoms with Crippen LogP contribution in [-0.4, -0.2) is 24.0 Å². The molecule has 4 rings (SSSR count). The second-order valence-corrected chi connectivity index (χ2v) is 5.58. The van der Waals surface area contributed by atoms with Gasteiger partial charge in [0.05, 0.1) is 6.54 Å². The van der Waals surface area contributed by atoms with Crippen molar-refractivity contribution in [2.75, 3.05) is 13.1 Å². The third-order valence-corrected chi connectivity index (χ3v) is 4.40. The second kappa shape index (κ2) is 4.74. The lowest BCUT2D eigenvalue weighted by Crippen LogP contribution is -2.44. The number of quaternary nitrogens is 1. The summed E-state index contributed by atoms with van der Waals surface area (Å²) in [5.41, 5.74) is 3.29. The molecule has 4 nitrogen and oxygen atoms in total. The molecule has 3 heterocycles. The first-order valence-electron chi connectivity index (χ1n) is 7.31. The standard InChI is InChI=1S/C17H14FN3O/c18-13-3-2-12-10-16-17(22)20-6-1-9-21(16,15(12)11-13)14-4-7-19-8-5-14/h2-5,7-8,10-11H,1,6,9H2/p+1. The Morgan fingerprint density at radius 2 is 2.00 bits per heavy atom. The Labute approximate surface area is 127 Å². The zero-order chi connectivity index (χ0) is 15.2. The summed E-state index contributed by atoms with van der Waals surface area (Å²) in [5.74, 6) is -0.379. The van der Waals surface area contributed by atoms with Gasteiger partial charge in [-0.25, -0.2) is 8.87 Å². The van der Waals surface area contributed by atoms with Crippen molar-refractivity contribution < 1.29 is 9.18 Å². The summed E-state index contributed by atoms with van der Waals surface area (Å²) in [6.45, 7) is 1.34. The highest BCUT2D eigenvalue weighted by Gasteiger charge is 2.48. The number of halogens is 1. The third kappa shape index (κ3) is 1.72. The number of carbonyl (C=O) groups is 1. The molecule has 110 valence electrons. The van der Waals surface area contributed by atoms with Crippen LogP contribution in [0.1, 0.15) is 12.0 Å². The molecule has 0 aliphatic carbocycles. The van der Waals surface area contributed by atoms with E-state index in [0.717, 1.165) is 23.4 Å². The topological polar surface area (TPSA) is 42.0 Å². The van der Waals surface area contributed by atoms with E-state index in [1.54, 1.807) is 18.5 Å². The molecule has 5 heteroatoms. The number of carbonyl (C=O) groups excluding carboxylic acids is 1. The van der Waals surface area contributed by atoms with Crippen LogP contribution in [0, 0.1) is 5.82 Å². The Hall–Kier alpha value is -2.53. The number of hydrogen-bond donors (Lipinski definition) is 1. The van der Waals surface area contributed by atoms with Gasteiger partial charge in [0.25, 0.3) is 0 Å². The van der Waals surface area contributed by atoms with Gasteiger partial charge in [0.2, 0.25) is 5.70 Å². The predicted octanol–water partition coefficient (Wildman–Crippen LogP) is 2.73. The normalized spacial score (nSPS) is 23.1. The molecule has 1 fully saturated rings. The quantitative estimate of drug-likeness (QED) is 0.822. The summed E-state index contributed by atoms with van der Waals surface area (Å²) in [6, 6.07) is 8.50. The summed E-state index contributed by atoms with van der Waals surface area (Å²) >= 11 is 0. The van der Waals surface area contributed by atoms with E-state index in [1.165, 1.54) is 12.1 Å². The molecule has 0 saturated carbocycles. The summed E-state index contributed by atoms with van der Waals surface area (Å²) < 4.78 is 14.1. The van der Waals surface area contributed by atoms with Gasteiger partial charge >= 0.3 is 5.91 Å². The molecule has 0 spiro atoms. The van der Waals surface area contributed by atoms with Crippen LogP contribution in [0.4, 0.5) is 15.8 Å². The first-order valence-corrected chi connectivity index (χ1v) is 7.31. The van der Waals surface area contributed by atoms with Crippen molar-refractivity contribution >= 4 is 23.4 Å². The van der Waals surface area contributed by atoms with Gasteiger partial charge in [-0.05, 0) is 12.1 Å². The number of benzene rings is 1. The molecule has 1 N–H and O–H groups in total. The molecule has 2 aromatic rings. The van der Waals surface area contributed by atoms with E-state index in [9.17, 15) is 9.18 Å². The molecule has 1 aromatic carbocycles. The van der Waals surface area contributed by atoms with Crippen molar-refractivity contribution in [3.8, 4) is 0 Å². The minimum Gasteiger partial charge on any atom is -0.347 e. The summed E-state index contributed by atoms with van der Waals surface area (Å²) in [6.07, 6.45) is 6.11. The lowest BCUT2D eigenvalue weighted by molar-refractivity contribution is -0.118. The van der Waals surface area contributed by atoms with Crippen LogP contribution in [0.5, 0.6) is 0 Å². The number of pyridine rings is 1. The van der Waals surface area contributed by atoms with E-state index >= 15 is 0 Å². The second-order valence-electron chi connectivity index (χ2n) is 5.58. The average Bonchev–Trinajstić information content (AvgIpc) is 2.77. The maximum absolute atomic E-state index is 13.9. The van der Waals surface area contributed by atoms with Gasteiger partial charge in [-0.3, -0.25) is 9.78 Å². The lowest BCUT2D eigenvalue weighted by atomic mass is 10.1. The number of fused-ring (bicyclic) bond motifs is 3. The number of nitrogens with zero attached hydrogens (tertiary/aromatic N) is 2. The number of amides is 1. The van der Waals surface area contributed by atoms with Crippen molar-refractivity contribution in [2.45, 2.75) is 6.42 Å². The monoisotopic (exact) mass is 296 g/mol. The molecule has 1 unspecified atom stereocenters. The zero-order valence-corrected chi connectivity index (χ0v) is 11.9. The first kappa shape index (κ1) is 13.2. The van der Waals surface area contributed by atoms with Crippen LogP contribution in [0.15, 0.2) is 48.4 Å². The fourth-order valence-electron chi connectivity index (χ4n) is 3.45. The van der Waals surface area contributed by atoms with E-state index in [-0.39, 0.29) is 16.2 Å². The van der Waals surface area contributed by atoms with E-state index < -0.39 is 0 Å². The molecule has 2 aliphatic rings. The highest BCUT2D eigenvalue weighted by atomic mass is 19.1. The molecule has 1 atom stereocenters. The predicted molar refractivity (Wildman–Crippen MR) is 82.6 cm³/mol. The van der Waals surface area contributed by atoms with E-state index in [1.807, 2.05) is 18.2 Å². The van der Waals surface area contributed by atoms with Gasteiger partial charge in [-0.2, -0.15) is 0 Å². The Bertz CT molecular complexity index is 788. The molecule has 0 radical (unpaired) electrons. The number of aromatic nitrogens is 1. The van der Waals surface area contributed by atoms with Crippen LogP contribution in [0.3, 0.4) is 0 Å². The maximum atomic E-state index is 13.9. The minimum atomic E-state index is -0.287. The van der Waals surface area contributed by atoms with Crippen LogP contribution in [0.25, 0.3) is 6.08 Å². The van der Waals surface area contributed by atoms with Gasteiger partial charge in [-0.1, -0.05) is 0 Å². The molecular weight excluding hydrogens is 281 g/mol. The van der Waals surface area contributed by atoms with Gasteiger partial charge in [0.15, 0.2) is 5.69 Å². The lowest BCUT2D eigenvalue weighted by Gasteiger charge is -2.34. The molecule has 1 aromatic heterocycles. The van der Waals surface area contributed by atoms with Crippen LogP contribution in [0.2, 0.25) is 0 Å².